The van der Waals surface area contributed by atoms with E-state index in [1.807, 2.05) is 38.1 Å². The van der Waals surface area contributed by atoms with Crippen LogP contribution in [0.25, 0.3) is 0 Å². The molecule has 1 heterocycles. The maximum Gasteiger partial charge on any atom is 0.117 e. The van der Waals surface area contributed by atoms with E-state index in [4.69, 9.17) is 9.68 Å². The summed E-state index contributed by atoms with van der Waals surface area (Å²) in [6.07, 6.45) is 6.26. The number of benzene rings is 2. The Bertz CT molecular complexity index is 821. The number of para-hydroxylation sites is 2. The van der Waals surface area contributed by atoms with Gasteiger partial charge in [0.15, 0.2) is 0 Å². The first-order valence-corrected chi connectivity index (χ1v) is 11.8. The van der Waals surface area contributed by atoms with Crippen molar-refractivity contribution in [2.24, 2.45) is 10.3 Å². The van der Waals surface area contributed by atoms with Crippen LogP contribution in [0.5, 0.6) is 0 Å². The van der Waals surface area contributed by atoms with Gasteiger partial charge >= 0.3 is 0 Å². The Labute approximate surface area is 192 Å². The molecule has 0 radical (unpaired) electrons. The van der Waals surface area contributed by atoms with Gasteiger partial charge in [-0.15, -0.1) is 0 Å². The summed E-state index contributed by atoms with van der Waals surface area (Å²) in [7, 11) is 0. The van der Waals surface area contributed by atoms with Crippen LogP contribution in [0.1, 0.15) is 63.5 Å². The Morgan fingerprint density at radius 2 is 1.03 bits per heavy atom. The van der Waals surface area contributed by atoms with Gasteiger partial charge in [-0.2, -0.15) is 0 Å². The number of anilines is 2. The van der Waals surface area contributed by atoms with Crippen LogP contribution in [0.15, 0.2) is 58.8 Å². The molecule has 0 fully saturated rings. The van der Waals surface area contributed by atoms with Gasteiger partial charge in [0.25, 0.3) is 0 Å². The standard InChI is InChI=1S/C26H36N4O2/c1-21-23-13-5-7-15-25(23)27-17-9-4-12-20-32-30-22(2)24-14-6-8-16-26(24)28-18-10-3-11-19-31-29-21/h5-8,13-16,27-28H,3-4,9-12,17-20H2,1-2H3/b29-21+,30-22+. The molecule has 0 spiro atoms. The fourth-order valence-electron chi connectivity index (χ4n) is 3.67. The third-order valence-corrected chi connectivity index (χ3v) is 5.49. The lowest BCUT2D eigenvalue weighted by atomic mass is 10.1. The van der Waals surface area contributed by atoms with Crippen LogP contribution in [0.3, 0.4) is 0 Å². The Hall–Kier alpha value is -3.02. The molecule has 0 amide bonds. The molecule has 3 rings (SSSR count). The number of nitrogens with zero attached hydrogens (tertiary/aromatic N) is 2. The van der Waals surface area contributed by atoms with Gasteiger partial charge in [-0.05, 0) is 64.5 Å². The fraction of sp³-hybridized carbons (Fsp3) is 0.462. The molecular formula is C26H36N4O2. The third-order valence-electron chi connectivity index (χ3n) is 5.49. The molecular weight excluding hydrogens is 400 g/mol. The molecule has 1 aliphatic heterocycles. The molecule has 6 nitrogen and oxygen atoms in total. The second-order valence-electron chi connectivity index (χ2n) is 8.09. The molecule has 6 heteroatoms. The van der Waals surface area contributed by atoms with Gasteiger partial charge < -0.3 is 20.3 Å². The van der Waals surface area contributed by atoms with Gasteiger partial charge in [-0.1, -0.05) is 46.7 Å². The van der Waals surface area contributed by atoms with Crippen molar-refractivity contribution in [3.05, 3.63) is 59.7 Å². The summed E-state index contributed by atoms with van der Waals surface area (Å²) in [5, 5.41) is 15.8. The van der Waals surface area contributed by atoms with Crippen LogP contribution < -0.4 is 10.6 Å². The van der Waals surface area contributed by atoms with Gasteiger partial charge in [0, 0.05) is 35.6 Å². The zero-order chi connectivity index (χ0) is 22.4. The van der Waals surface area contributed by atoms with E-state index in [0.717, 1.165) is 85.5 Å². The van der Waals surface area contributed by atoms with Crippen molar-refractivity contribution in [1.82, 2.24) is 0 Å². The highest BCUT2D eigenvalue weighted by Crippen LogP contribution is 2.18. The molecule has 2 aromatic rings. The first-order valence-electron chi connectivity index (χ1n) is 11.8. The van der Waals surface area contributed by atoms with Crippen molar-refractivity contribution in [1.29, 1.82) is 0 Å². The minimum absolute atomic E-state index is 0.632. The summed E-state index contributed by atoms with van der Waals surface area (Å²) >= 11 is 0. The first-order chi connectivity index (χ1) is 15.8. The first kappa shape index (κ1) is 23.6. The lowest BCUT2D eigenvalue weighted by molar-refractivity contribution is 0.140. The van der Waals surface area contributed by atoms with Crippen molar-refractivity contribution < 1.29 is 9.68 Å². The molecule has 1 aliphatic rings. The van der Waals surface area contributed by atoms with E-state index in [2.05, 4.69) is 45.2 Å². The van der Waals surface area contributed by atoms with Crippen molar-refractivity contribution >= 4 is 22.8 Å². The SMILES string of the molecule is C/C1=N\OCCCCCNc2ccccc2/C(C)=N/OCCCCCNc2ccccc21. The minimum Gasteiger partial charge on any atom is -0.396 e. The van der Waals surface area contributed by atoms with E-state index in [-0.39, 0.29) is 0 Å². The Kier molecular flexibility index (Phi) is 9.90. The smallest absolute Gasteiger partial charge is 0.117 e. The normalized spacial score (nSPS) is 20.4. The number of oxime groups is 2. The third kappa shape index (κ3) is 7.59. The molecule has 0 aromatic heterocycles. The maximum absolute atomic E-state index is 5.60. The van der Waals surface area contributed by atoms with Gasteiger partial charge in [-0.25, -0.2) is 0 Å². The van der Waals surface area contributed by atoms with E-state index < -0.39 is 0 Å². The van der Waals surface area contributed by atoms with Crippen molar-refractivity contribution in [2.75, 3.05) is 36.9 Å². The number of hydrogen-bond donors (Lipinski definition) is 2. The lowest BCUT2D eigenvalue weighted by Crippen LogP contribution is -2.09. The molecule has 0 unspecified atom stereocenters. The van der Waals surface area contributed by atoms with Crippen LogP contribution in [0.4, 0.5) is 11.4 Å². The van der Waals surface area contributed by atoms with Crippen LogP contribution in [-0.2, 0) is 9.68 Å². The number of rotatable bonds is 0. The molecule has 32 heavy (non-hydrogen) atoms. The summed E-state index contributed by atoms with van der Waals surface area (Å²) < 4.78 is 0. The Morgan fingerprint density at radius 3 is 1.50 bits per heavy atom. The van der Waals surface area contributed by atoms with E-state index >= 15 is 0 Å². The summed E-state index contributed by atoms with van der Waals surface area (Å²) in [6.45, 7) is 7.08. The fourth-order valence-corrected chi connectivity index (χ4v) is 3.67. The maximum atomic E-state index is 5.60. The molecule has 0 bridgehead atoms. The number of nitrogens with one attached hydrogen (secondary N) is 2. The summed E-state index contributed by atoms with van der Waals surface area (Å²) in [4.78, 5) is 11.2. The highest BCUT2D eigenvalue weighted by Gasteiger charge is 2.07. The average molecular weight is 437 g/mol. The van der Waals surface area contributed by atoms with Crippen LogP contribution in [0, 0.1) is 0 Å². The monoisotopic (exact) mass is 436 g/mol. The van der Waals surface area contributed by atoms with E-state index in [9.17, 15) is 0 Å². The van der Waals surface area contributed by atoms with Crippen molar-refractivity contribution in [2.45, 2.75) is 52.4 Å². The highest BCUT2D eigenvalue weighted by molar-refractivity contribution is 6.03. The predicted octanol–water partition coefficient (Wildman–Crippen LogP) is 6.05. The molecule has 172 valence electrons. The van der Waals surface area contributed by atoms with E-state index in [0.29, 0.717) is 13.2 Å². The Morgan fingerprint density at radius 1 is 0.594 bits per heavy atom. The van der Waals surface area contributed by atoms with E-state index in [1.54, 1.807) is 0 Å². The second kappa shape index (κ2) is 13.4. The molecule has 2 aromatic carbocycles. The summed E-state index contributed by atoms with van der Waals surface area (Å²) in [5.74, 6) is 0. The Balaban J connectivity index is 1.61. The average Bonchev–Trinajstić information content (AvgIpc) is 2.82. The zero-order valence-electron chi connectivity index (χ0n) is 19.4. The van der Waals surface area contributed by atoms with Crippen LogP contribution >= 0.6 is 0 Å². The predicted molar refractivity (Wildman–Crippen MR) is 134 cm³/mol. The molecule has 0 aliphatic carbocycles. The highest BCUT2D eigenvalue weighted by atomic mass is 16.6. The topological polar surface area (TPSA) is 67.2 Å². The minimum atomic E-state index is 0.632. The number of fused-ring (bicyclic) bond motifs is 2. The number of hydrogen-bond acceptors (Lipinski definition) is 6. The van der Waals surface area contributed by atoms with Crippen LogP contribution in [0.2, 0.25) is 0 Å². The van der Waals surface area contributed by atoms with Gasteiger partial charge in [0.2, 0.25) is 0 Å². The quantitative estimate of drug-likeness (QED) is 0.528. The second-order valence-corrected chi connectivity index (χ2v) is 8.09. The lowest BCUT2D eigenvalue weighted by Gasteiger charge is -2.13. The van der Waals surface area contributed by atoms with E-state index in [1.165, 1.54) is 0 Å². The van der Waals surface area contributed by atoms with Gasteiger partial charge in [0.1, 0.15) is 13.2 Å². The zero-order valence-corrected chi connectivity index (χ0v) is 19.4. The molecule has 0 atom stereocenters. The molecule has 0 saturated carbocycles. The van der Waals surface area contributed by atoms with Gasteiger partial charge in [-0.3, -0.25) is 0 Å². The van der Waals surface area contributed by atoms with Crippen LogP contribution in [-0.4, -0.2) is 37.7 Å². The largest absolute Gasteiger partial charge is 0.396 e. The van der Waals surface area contributed by atoms with Crippen molar-refractivity contribution in [3.63, 3.8) is 0 Å². The molecule has 0 saturated heterocycles. The van der Waals surface area contributed by atoms with Gasteiger partial charge in [0.05, 0.1) is 11.4 Å². The summed E-state index contributed by atoms with van der Waals surface area (Å²) in [5.41, 5.74) is 6.17. The summed E-state index contributed by atoms with van der Waals surface area (Å²) in [6, 6.07) is 16.5. The molecule has 2 N–H and O–H groups in total. The van der Waals surface area contributed by atoms with Crippen molar-refractivity contribution in [3.8, 4) is 0 Å².